The van der Waals surface area contributed by atoms with Crippen molar-refractivity contribution in [3.8, 4) is 50.2 Å². The molecule has 1 aromatic heterocycles. The number of hydrogen-bond acceptors (Lipinski definition) is 0. The molecule has 0 atom stereocenters. The van der Waals surface area contributed by atoms with Crippen LogP contribution in [0.2, 0.25) is 0 Å². The molecule has 8 aromatic rings. The van der Waals surface area contributed by atoms with Gasteiger partial charge in [0.2, 0.25) is 0 Å². The molecule has 0 aliphatic heterocycles. The molecular formula is C42H29N. The number of benzene rings is 7. The van der Waals surface area contributed by atoms with Crippen LogP contribution in [0.15, 0.2) is 176 Å². The molecule has 1 nitrogen and oxygen atoms in total. The second kappa shape index (κ2) is 10.6. The van der Waals surface area contributed by atoms with Gasteiger partial charge in [-0.15, -0.1) is 0 Å². The van der Waals surface area contributed by atoms with Gasteiger partial charge in [-0.3, -0.25) is 0 Å². The predicted octanol–water partition coefficient (Wildman–Crippen LogP) is 11.5. The Bertz CT molecular complexity index is 2070. The van der Waals surface area contributed by atoms with Crippen LogP contribution in [-0.4, -0.2) is 4.57 Å². The quantitative estimate of drug-likeness (QED) is 0.202. The summed E-state index contributed by atoms with van der Waals surface area (Å²) in [6.45, 7) is 0. The summed E-state index contributed by atoms with van der Waals surface area (Å²) in [6.07, 6.45) is 0. The van der Waals surface area contributed by atoms with E-state index in [4.69, 9.17) is 0 Å². The highest BCUT2D eigenvalue weighted by Crippen LogP contribution is 2.40. The third-order valence-electron chi connectivity index (χ3n) is 8.43. The molecule has 0 aliphatic rings. The summed E-state index contributed by atoms with van der Waals surface area (Å²) in [6, 6.07) is 63.4. The fraction of sp³-hybridized carbons (Fsp3) is 0. The molecule has 43 heavy (non-hydrogen) atoms. The molecule has 0 amide bonds. The number of nitrogens with zero attached hydrogens (tertiary/aromatic N) is 1. The maximum absolute atomic E-state index is 2.39. The molecule has 8 rings (SSSR count). The van der Waals surface area contributed by atoms with E-state index >= 15 is 0 Å². The summed E-state index contributed by atoms with van der Waals surface area (Å²) in [5.74, 6) is 0. The molecular weight excluding hydrogens is 518 g/mol. The second-order valence-electron chi connectivity index (χ2n) is 11.0. The van der Waals surface area contributed by atoms with Crippen LogP contribution in [0.1, 0.15) is 0 Å². The van der Waals surface area contributed by atoms with Gasteiger partial charge in [0.15, 0.2) is 0 Å². The maximum atomic E-state index is 2.39. The lowest BCUT2D eigenvalue weighted by atomic mass is 9.92. The van der Waals surface area contributed by atoms with Gasteiger partial charge in [-0.1, -0.05) is 140 Å². The number of aromatic nitrogens is 1. The summed E-state index contributed by atoms with van der Waals surface area (Å²) in [4.78, 5) is 0. The van der Waals surface area contributed by atoms with E-state index in [9.17, 15) is 0 Å². The van der Waals surface area contributed by atoms with E-state index < -0.39 is 0 Å². The van der Waals surface area contributed by atoms with Gasteiger partial charge in [0.1, 0.15) is 0 Å². The Hall–Kier alpha value is -5.66. The molecule has 1 heterocycles. The Morgan fingerprint density at radius 1 is 0.279 bits per heavy atom. The normalized spacial score (nSPS) is 11.3. The van der Waals surface area contributed by atoms with Crippen molar-refractivity contribution in [1.82, 2.24) is 4.57 Å². The molecule has 7 aromatic carbocycles. The van der Waals surface area contributed by atoms with Crippen LogP contribution in [0.25, 0.3) is 72.0 Å². The van der Waals surface area contributed by atoms with Crippen molar-refractivity contribution in [2.24, 2.45) is 0 Å². The van der Waals surface area contributed by atoms with Gasteiger partial charge in [0, 0.05) is 16.5 Å². The van der Waals surface area contributed by atoms with Crippen LogP contribution in [0.4, 0.5) is 0 Å². The van der Waals surface area contributed by atoms with Gasteiger partial charge in [-0.2, -0.15) is 0 Å². The van der Waals surface area contributed by atoms with Crippen molar-refractivity contribution in [3.05, 3.63) is 176 Å². The van der Waals surface area contributed by atoms with Crippen molar-refractivity contribution in [2.75, 3.05) is 0 Å². The molecule has 0 radical (unpaired) electrons. The standard InChI is InChI=1S/C42H29N/c1-4-14-30(15-5-1)35-20-10-12-22-37(35)32-24-26-41-39(28-32)40-29-33(25-27-42(40)43(41)34-18-8-3-9-19-34)38-23-13-11-21-36(38)31-16-6-2-7-17-31/h1-29H. The van der Waals surface area contributed by atoms with Crippen LogP contribution in [-0.2, 0) is 0 Å². The first-order valence-electron chi connectivity index (χ1n) is 14.8. The molecule has 0 spiro atoms. The molecule has 1 heteroatoms. The monoisotopic (exact) mass is 547 g/mol. The van der Waals surface area contributed by atoms with E-state index in [0.717, 1.165) is 5.69 Å². The zero-order chi connectivity index (χ0) is 28.6. The van der Waals surface area contributed by atoms with Gasteiger partial charge in [0.05, 0.1) is 11.0 Å². The molecule has 202 valence electrons. The smallest absolute Gasteiger partial charge is 0.0541 e. The number of fused-ring (bicyclic) bond motifs is 3. The lowest BCUT2D eigenvalue weighted by Crippen LogP contribution is -1.93. The lowest BCUT2D eigenvalue weighted by molar-refractivity contribution is 1.18. The zero-order valence-corrected chi connectivity index (χ0v) is 23.7. The van der Waals surface area contributed by atoms with Crippen molar-refractivity contribution in [3.63, 3.8) is 0 Å². The van der Waals surface area contributed by atoms with Gasteiger partial charge in [0.25, 0.3) is 0 Å². The summed E-state index contributed by atoms with van der Waals surface area (Å²) in [7, 11) is 0. The minimum Gasteiger partial charge on any atom is -0.309 e. The predicted molar refractivity (Wildman–Crippen MR) is 183 cm³/mol. The SMILES string of the molecule is c1ccc(-c2ccccc2-c2ccc3c(c2)c2cc(-c4ccccc4-c4ccccc4)ccc2n3-c2ccccc2)cc1. The van der Waals surface area contributed by atoms with E-state index in [0.29, 0.717) is 0 Å². The van der Waals surface area contributed by atoms with Gasteiger partial charge >= 0.3 is 0 Å². The van der Waals surface area contributed by atoms with E-state index in [-0.39, 0.29) is 0 Å². The van der Waals surface area contributed by atoms with Crippen LogP contribution in [0.3, 0.4) is 0 Å². The van der Waals surface area contributed by atoms with E-state index in [1.54, 1.807) is 0 Å². The molecule has 0 aliphatic carbocycles. The molecule has 0 fully saturated rings. The first-order chi connectivity index (χ1) is 21.3. The van der Waals surface area contributed by atoms with Crippen molar-refractivity contribution >= 4 is 21.8 Å². The third kappa shape index (κ3) is 4.43. The van der Waals surface area contributed by atoms with Crippen molar-refractivity contribution in [2.45, 2.75) is 0 Å². The second-order valence-corrected chi connectivity index (χ2v) is 11.0. The number of hydrogen-bond donors (Lipinski definition) is 0. The van der Waals surface area contributed by atoms with Crippen LogP contribution >= 0.6 is 0 Å². The van der Waals surface area contributed by atoms with E-state index in [1.165, 1.54) is 66.3 Å². The minimum atomic E-state index is 1.16. The molecule has 0 saturated heterocycles. The minimum absolute atomic E-state index is 1.16. The highest BCUT2D eigenvalue weighted by atomic mass is 15.0. The summed E-state index contributed by atoms with van der Waals surface area (Å²) in [5.41, 5.74) is 13.4. The van der Waals surface area contributed by atoms with Crippen molar-refractivity contribution in [1.29, 1.82) is 0 Å². The first kappa shape index (κ1) is 25.1. The van der Waals surface area contributed by atoms with Gasteiger partial charge in [-0.05, 0) is 80.9 Å². The first-order valence-corrected chi connectivity index (χ1v) is 14.8. The summed E-state index contributed by atoms with van der Waals surface area (Å²) < 4.78 is 2.39. The fourth-order valence-electron chi connectivity index (χ4n) is 6.42. The Morgan fingerprint density at radius 2 is 0.628 bits per heavy atom. The van der Waals surface area contributed by atoms with E-state index in [2.05, 4.69) is 180 Å². The molecule has 0 bridgehead atoms. The molecule has 0 saturated carbocycles. The maximum Gasteiger partial charge on any atom is 0.0541 e. The molecule has 0 unspecified atom stereocenters. The fourth-order valence-corrected chi connectivity index (χ4v) is 6.42. The average Bonchev–Trinajstić information content (AvgIpc) is 3.42. The Morgan fingerprint density at radius 3 is 1.05 bits per heavy atom. The number of para-hydroxylation sites is 1. The van der Waals surface area contributed by atoms with Crippen LogP contribution in [0, 0.1) is 0 Å². The third-order valence-corrected chi connectivity index (χ3v) is 8.43. The van der Waals surface area contributed by atoms with Gasteiger partial charge in [-0.25, -0.2) is 0 Å². The highest BCUT2D eigenvalue weighted by Gasteiger charge is 2.16. The summed E-state index contributed by atoms with van der Waals surface area (Å²) in [5, 5.41) is 2.50. The Kier molecular flexibility index (Phi) is 6.20. The topological polar surface area (TPSA) is 4.93 Å². The average molecular weight is 548 g/mol. The Balaban J connectivity index is 1.38. The number of rotatable bonds is 5. The van der Waals surface area contributed by atoms with E-state index in [1.807, 2.05) is 0 Å². The van der Waals surface area contributed by atoms with Crippen LogP contribution < -0.4 is 0 Å². The molecule has 0 N–H and O–H groups in total. The van der Waals surface area contributed by atoms with Gasteiger partial charge < -0.3 is 4.57 Å². The lowest BCUT2D eigenvalue weighted by Gasteiger charge is -2.11. The van der Waals surface area contributed by atoms with Crippen molar-refractivity contribution < 1.29 is 0 Å². The summed E-state index contributed by atoms with van der Waals surface area (Å²) >= 11 is 0. The van der Waals surface area contributed by atoms with Crippen LogP contribution in [0.5, 0.6) is 0 Å². The Labute approximate surface area is 251 Å². The largest absolute Gasteiger partial charge is 0.309 e. The highest BCUT2D eigenvalue weighted by molar-refractivity contribution is 6.12. The zero-order valence-electron chi connectivity index (χ0n) is 23.7.